The highest BCUT2D eigenvalue weighted by Gasteiger charge is 2.31. The van der Waals surface area contributed by atoms with Crippen LogP contribution in [0.5, 0.6) is 0 Å². The SMILES string of the molecule is CCC(CNC)c1ccc(C)c(S(=O)(=O)N2CCNc3cccc(C)c32)c1.CCCC1[CH]\C=C/C=C\C=C/1.[HH]. The summed E-state index contributed by atoms with van der Waals surface area (Å²) in [4.78, 5) is 0.408. The number of fused-ring (bicyclic) bond motifs is 1. The lowest BCUT2D eigenvalue weighted by atomic mass is 9.95. The number of hydrogen-bond acceptors (Lipinski definition) is 4. The van der Waals surface area contributed by atoms with Gasteiger partial charge in [0, 0.05) is 14.5 Å². The molecule has 1 aliphatic carbocycles. The first-order chi connectivity index (χ1) is 18.3. The average molecular weight is 537 g/mol. The highest BCUT2D eigenvalue weighted by molar-refractivity contribution is 7.93. The van der Waals surface area contributed by atoms with E-state index < -0.39 is 10.0 Å². The lowest BCUT2D eigenvalue weighted by Crippen LogP contribution is -2.39. The van der Waals surface area contributed by atoms with Crippen molar-refractivity contribution >= 4 is 21.4 Å². The van der Waals surface area contributed by atoms with Gasteiger partial charge in [0.1, 0.15) is 0 Å². The summed E-state index contributed by atoms with van der Waals surface area (Å²) < 4.78 is 28.8. The molecule has 2 unspecified atom stereocenters. The molecule has 2 aliphatic rings. The molecule has 1 heterocycles. The van der Waals surface area contributed by atoms with Crippen LogP contribution in [0.15, 0.2) is 77.7 Å². The standard InChI is InChI=1S/C21H29N3O2S.C11H15.H2/c1-5-17(14-22-4)18-10-9-15(2)20(13-18)27(25,26)24-12-11-23-19-8-6-7-16(3)21(19)24;1-2-8-11-9-6-4-3-5-7-10-11;/h6-10,13,17,22-23H,5,11-12,14H2,1-4H3;3-7,9-11H,2,8H2,1H3;1H/b;4-3-,7-5-,9-6-;. The van der Waals surface area contributed by atoms with Gasteiger partial charge in [-0.1, -0.05) is 81.0 Å². The molecule has 0 bridgehead atoms. The van der Waals surface area contributed by atoms with Gasteiger partial charge in [-0.15, -0.1) is 0 Å². The molecule has 0 aromatic heterocycles. The predicted molar refractivity (Wildman–Crippen MR) is 165 cm³/mol. The molecule has 1 radical (unpaired) electrons. The first-order valence-electron chi connectivity index (χ1n) is 13.8. The van der Waals surface area contributed by atoms with Gasteiger partial charge in [0.05, 0.1) is 22.8 Å². The first-order valence-corrected chi connectivity index (χ1v) is 15.2. The van der Waals surface area contributed by atoms with Gasteiger partial charge in [0.15, 0.2) is 0 Å². The molecule has 2 aromatic rings. The van der Waals surface area contributed by atoms with Crippen molar-refractivity contribution in [2.75, 3.05) is 36.3 Å². The van der Waals surface area contributed by atoms with Gasteiger partial charge in [-0.2, -0.15) is 0 Å². The third-order valence-electron chi connectivity index (χ3n) is 7.10. The summed E-state index contributed by atoms with van der Waals surface area (Å²) in [6.45, 7) is 10.0. The molecule has 2 atom stereocenters. The van der Waals surface area contributed by atoms with E-state index in [4.69, 9.17) is 0 Å². The summed E-state index contributed by atoms with van der Waals surface area (Å²) in [6.07, 6.45) is 18.4. The summed E-state index contributed by atoms with van der Waals surface area (Å²) in [5.41, 5.74) is 4.44. The van der Waals surface area contributed by atoms with Crippen LogP contribution in [-0.2, 0) is 10.0 Å². The first kappa shape index (κ1) is 29.7. The molecule has 0 amide bonds. The molecule has 207 valence electrons. The predicted octanol–water partition coefficient (Wildman–Crippen LogP) is 7.17. The third-order valence-corrected chi connectivity index (χ3v) is 9.04. The molecular formula is C32H46N3O2S. The number of rotatable bonds is 8. The van der Waals surface area contributed by atoms with E-state index in [1.807, 2.05) is 51.2 Å². The van der Waals surface area contributed by atoms with E-state index >= 15 is 0 Å². The van der Waals surface area contributed by atoms with Crippen molar-refractivity contribution in [3.63, 3.8) is 0 Å². The van der Waals surface area contributed by atoms with E-state index in [2.05, 4.69) is 73.4 Å². The van der Waals surface area contributed by atoms with Gasteiger partial charge in [-0.25, -0.2) is 8.42 Å². The topological polar surface area (TPSA) is 61.4 Å². The Bertz CT molecular complexity index is 1250. The molecule has 0 saturated heterocycles. The fourth-order valence-electron chi connectivity index (χ4n) is 4.98. The van der Waals surface area contributed by atoms with E-state index in [0.29, 0.717) is 29.8 Å². The average Bonchev–Trinajstić information content (AvgIpc) is 2.89. The molecule has 2 aromatic carbocycles. The Morgan fingerprint density at radius 1 is 1.05 bits per heavy atom. The molecule has 4 rings (SSSR count). The van der Waals surface area contributed by atoms with Crippen LogP contribution in [0.4, 0.5) is 11.4 Å². The summed E-state index contributed by atoms with van der Waals surface area (Å²) in [6, 6.07) is 11.7. The monoisotopic (exact) mass is 536 g/mol. The number of aryl methyl sites for hydroxylation is 2. The van der Waals surface area contributed by atoms with Crippen LogP contribution in [0.1, 0.15) is 57.1 Å². The minimum absolute atomic E-state index is 0. The lowest BCUT2D eigenvalue weighted by molar-refractivity contribution is 0.587. The highest BCUT2D eigenvalue weighted by atomic mass is 32.2. The van der Waals surface area contributed by atoms with Gasteiger partial charge < -0.3 is 10.6 Å². The Balaban J connectivity index is 0.000000375. The zero-order chi connectivity index (χ0) is 27.5. The Morgan fingerprint density at radius 3 is 2.55 bits per heavy atom. The molecule has 38 heavy (non-hydrogen) atoms. The van der Waals surface area contributed by atoms with Crippen LogP contribution < -0.4 is 14.9 Å². The van der Waals surface area contributed by atoms with Crippen molar-refractivity contribution < 1.29 is 9.84 Å². The Morgan fingerprint density at radius 2 is 1.82 bits per heavy atom. The summed E-state index contributed by atoms with van der Waals surface area (Å²) in [5, 5.41) is 6.52. The van der Waals surface area contributed by atoms with Crippen LogP contribution >= 0.6 is 0 Å². The van der Waals surface area contributed by atoms with Crippen molar-refractivity contribution in [3.05, 3.63) is 96.0 Å². The second kappa shape index (κ2) is 14.4. The zero-order valence-electron chi connectivity index (χ0n) is 23.6. The van der Waals surface area contributed by atoms with Gasteiger partial charge in [0.25, 0.3) is 10.0 Å². The summed E-state index contributed by atoms with van der Waals surface area (Å²) in [5.74, 6) is 0.933. The maximum Gasteiger partial charge on any atom is 0.264 e. The van der Waals surface area contributed by atoms with Crippen LogP contribution in [0.25, 0.3) is 0 Å². The van der Waals surface area contributed by atoms with Crippen molar-refractivity contribution in [1.29, 1.82) is 0 Å². The highest BCUT2D eigenvalue weighted by Crippen LogP contribution is 2.37. The molecule has 0 saturated carbocycles. The number of benzene rings is 2. The quantitative estimate of drug-likeness (QED) is 0.375. The normalized spacial score (nSPS) is 20.0. The van der Waals surface area contributed by atoms with Crippen LogP contribution in [0, 0.1) is 26.2 Å². The Kier molecular flexibility index (Phi) is 11.2. The van der Waals surface area contributed by atoms with Gasteiger partial charge in [0.2, 0.25) is 0 Å². The van der Waals surface area contributed by atoms with Crippen LogP contribution in [0.2, 0.25) is 0 Å². The smallest absolute Gasteiger partial charge is 0.264 e. The van der Waals surface area contributed by atoms with E-state index in [9.17, 15) is 8.42 Å². The van der Waals surface area contributed by atoms with Gasteiger partial charge >= 0.3 is 0 Å². The molecule has 1 aliphatic heterocycles. The number of nitrogens with one attached hydrogen (secondary N) is 2. The van der Waals surface area contributed by atoms with Crippen molar-refractivity contribution in [1.82, 2.24) is 5.32 Å². The third kappa shape index (κ3) is 7.39. The summed E-state index contributed by atoms with van der Waals surface area (Å²) in [7, 11) is -1.71. The van der Waals surface area contributed by atoms with Gasteiger partial charge in [-0.3, -0.25) is 4.31 Å². The molecule has 6 heteroatoms. The number of nitrogens with zero attached hydrogens (tertiary/aromatic N) is 1. The molecule has 2 N–H and O–H groups in total. The maximum absolute atomic E-state index is 13.6. The summed E-state index contributed by atoms with van der Waals surface area (Å²) >= 11 is 0. The molecule has 5 nitrogen and oxygen atoms in total. The largest absolute Gasteiger partial charge is 0.382 e. The van der Waals surface area contributed by atoms with Crippen LogP contribution in [-0.4, -0.2) is 35.1 Å². The number of para-hydroxylation sites is 1. The lowest BCUT2D eigenvalue weighted by Gasteiger charge is -2.33. The molecule has 0 spiro atoms. The van der Waals surface area contributed by atoms with Crippen molar-refractivity contribution in [2.45, 2.75) is 57.8 Å². The minimum atomic E-state index is -3.63. The van der Waals surface area contributed by atoms with Crippen molar-refractivity contribution in [3.8, 4) is 0 Å². The minimum Gasteiger partial charge on any atom is -0.382 e. The zero-order valence-corrected chi connectivity index (χ0v) is 24.4. The number of likely N-dealkylation sites (N-methyl/N-ethyl adjacent to an activating group) is 1. The number of anilines is 2. The van der Waals surface area contributed by atoms with E-state index in [1.54, 1.807) is 4.31 Å². The molecule has 0 fully saturated rings. The fraction of sp³-hybridized carbons (Fsp3) is 0.406. The number of hydrogen-bond donors (Lipinski definition) is 2. The van der Waals surface area contributed by atoms with E-state index in [-0.39, 0.29) is 1.43 Å². The van der Waals surface area contributed by atoms with Gasteiger partial charge in [-0.05, 0) is 80.8 Å². The fourth-order valence-corrected chi connectivity index (χ4v) is 6.80. The number of sulfonamides is 1. The Labute approximate surface area is 232 Å². The van der Waals surface area contributed by atoms with E-state index in [1.165, 1.54) is 12.8 Å². The Hall–Kier alpha value is -2.83. The number of allylic oxidation sites excluding steroid dienone is 6. The maximum atomic E-state index is 13.6. The van der Waals surface area contributed by atoms with E-state index in [0.717, 1.165) is 41.0 Å². The second-order valence-corrected chi connectivity index (χ2v) is 11.8. The van der Waals surface area contributed by atoms with Crippen molar-refractivity contribution in [2.24, 2.45) is 5.92 Å². The molecular weight excluding hydrogens is 490 g/mol. The second-order valence-electron chi connectivity index (χ2n) is 9.96. The van der Waals surface area contributed by atoms with Crippen LogP contribution in [0.3, 0.4) is 0 Å².